The van der Waals surface area contributed by atoms with E-state index in [1.165, 1.54) is 33.5 Å². The normalized spacial score (nSPS) is 20.2. The average molecular weight is 332 g/mol. The van der Waals surface area contributed by atoms with E-state index in [0.717, 1.165) is 0 Å². The van der Waals surface area contributed by atoms with Gasteiger partial charge in [-0.25, -0.2) is 8.42 Å². The Morgan fingerprint density at radius 1 is 1.33 bits per heavy atom. The number of halogens is 1. The Morgan fingerprint density at radius 3 is 2.52 bits per heavy atom. The summed E-state index contributed by atoms with van der Waals surface area (Å²) in [5, 5.41) is 3.53. The highest BCUT2D eigenvalue weighted by atomic mass is 35.5. The first-order valence-corrected chi connectivity index (χ1v) is 8.35. The number of sulfonamides is 1. The van der Waals surface area contributed by atoms with Crippen LogP contribution < -0.4 is 5.32 Å². The number of nitrogens with zero attached hydrogens (tertiary/aromatic N) is 2. The van der Waals surface area contributed by atoms with Gasteiger partial charge in [0.2, 0.25) is 15.9 Å². The lowest BCUT2D eigenvalue weighted by molar-refractivity contribution is -0.133. The summed E-state index contributed by atoms with van der Waals surface area (Å²) in [6.45, 7) is 1.09. The molecule has 1 aromatic carbocycles. The first kappa shape index (κ1) is 16.2. The zero-order chi connectivity index (χ0) is 15.6. The summed E-state index contributed by atoms with van der Waals surface area (Å²) in [5.41, 5.74) is 0. The Kier molecular flexibility index (Phi) is 4.88. The number of rotatable bonds is 3. The minimum atomic E-state index is -3.72. The molecule has 6 nitrogen and oxygen atoms in total. The molecule has 2 rings (SSSR count). The second-order valence-electron chi connectivity index (χ2n) is 5.02. The molecule has 0 radical (unpaired) electrons. The summed E-state index contributed by atoms with van der Waals surface area (Å²) in [7, 11) is -0.489. The third-order valence-electron chi connectivity index (χ3n) is 3.34. The van der Waals surface area contributed by atoms with Gasteiger partial charge in [0.05, 0.1) is 4.90 Å². The molecule has 0 spiro atoms. The van der Waals surface area contributed by atoms with E-state index >= 15 is 0 Å². The molecular weight excluding hydrogens is 314 g/mol. The van der Waals surface area contributed by atoms with Gasteiger partial charge in [0.1, 0.15) is 6.04 Å². The largest absolute Gasteiger partial charge is 0.347 e. The van der Waals surface area contributed by atoms with E-state index in [1.807, 2.05) is 0 Å². The molecule has 1 unspecified atom stereocenters. The van der Waals surface area contributed by atoms with Crippen LogP contribution in [0, 0.1) is 0 Å². The van der Waals surface area contributed by atoms with Crippen molar-refractivity contribution in [1.29, 1.82) is 0 Å². The zero-order valence-electron chi connectivity index (χ0n) is 11.9. The van der Waals surface area contributed by atoms with E-state index < -0.39 is 16.1 Å². The molecule has 116 valence electrons. The summed E-state index contributed by atoms with van der Waals surface area (Å²) in [5.74, 6) is -0.236. The van der Waals surface area contributed by atoms with Crippen LogP contribution in [0.3, 0.4) is 0 Å². The minimum absolute atomic E-state index is 0.144. The molecule has 0 saturated carbocycles. The highest BCUT2D eigenvalue weighted by molar-refractivity contribution is 7.89. The van der Waals surface area contributed by atoms with E-state index in [0.29, 0.717) is 18.1 Å². The maximum atomic E-state index is 12.7. The predicted molar refractivity (Wildman–Crippen MR) is 80.7 cm³/mol. The van der Waals surface area contributed by atoms with Crippen LogP contribution in [-0.2, 0) is 14.8 Å². The molecule has 8 heteroatoms. The van der Waals surface area contributed by atoms with Crippen LogP contribution in [0.5, 0.6) is 0 Å². The fourth-order valence-corrected chi connectivity index (χ4v) is 3.93. The van der Waals surface area contributed by atoms with Crippen molar-refractivity contribution in [2.24, 2.45) is 0 Å². The lowest BCUT2D eigenvalue weighted by atomic mass is 10.2. The van der Waals surface area contributed by atoms with E-state index in [1.54, 1.807) is 14.1 Å². The second kappa shape index (κ2) is 6.31. The number of benzene rings is 1. The Balaban J connectivity index is 2.36. The van der Waals surface area contributed by atoms with Crippen molar-refractivity contribution in [2.75, 3.05) is 33.7 Å². The Labute approximate surface area is 129 Å². The van der Waals surface area contributed by atoms with Gasteiger partial charge in [-0.2, -0.15) is 4.31 Å². The maximum Gasteiger partial charge on any atom is 0.243 e. The second-order valence-corrected chi connectivity index (χ2v) is 7.35. The van der Waals surface area contributed by atoms with Crippen molar-refractivity contribution in [1.82, 2.24) is 14.5 Å². The van der Waals surface area contributed by atoms with Gasteiger partial charge >= 0.3 is 0 Å². The number of amides is 1. The van der Waals surface area contributed by atoms with Crippen molar-refractivity contribution in [3.05, 3.63) is 29.3 Å². The van der Waals surface area contributed by atoms with Crippen LogP contribution in [0.15, 0.2) is 29.2 Å². The molecule has 0 aliphatic carbocycles. The van der Waals surface area contributed by atoms with Gasteiger partial charge in [-0.1, -0.05) is 11.6 Å². The van der Waals surface area contributed by atoms with Gasteiger partial charge in [0.25, 0.3) is 0 Å². The van der Waals surface area contributed by atoms with Gasteiger partial charge < -0.3 is 10.2 Å². The van der Waals surface area contributed by atoms with Crippen LogP contribution in [-0.4, -0.2) is 63.3 Å². The highest BCUT2D eigenvalue weighted by Crippen LogP contribution is 2.21. The first-order chi connectivity index (χ1) is 9.84. The van der Waals surface area contributed by atoms with Crippen molar-refractivity contribution in [3.8, 4) is 0 Å². The summed E-state index contributed by atoms with van der Waals surface area (Å²) in [6, 6.07) is 5.24. The lowest BCUT2D eigenvalue weighted by Gasteiger charge is -2.35. The molecule has 1 atom stereocenters. The zero-order valence-corrected chi connectivity index (χ0v) is 13.5. The molecule has 1 saturated heterocycles. The maximum absolute atomic E-state index is 12.7. The molecule has 1 fully saturated rings. The first-order valence-electron chi connectivity index (χ1n) is 6.53. The quantitative estimate of drug-likeness (QED) is 0.870. The molecule has 1 aromatic rings. The Morgan fingerprint density at radius 2 is 1.95 bits per heavy atom. The molecular formula is C13H18ClN3O3S. The average Bonchev–Trinajstić information content (AvgIpc) is 2.46. The fraction of sp³-hybridized carbons (Fsp3) is 0.462. The summed E-state index contributed by atoms with van der Waals surface area (Å²) >= 11 is 5.79. The standard InChI is InChI=1S/C13H18ClN3O3S/c1-16(2)13(18)12-9-15-7-8-17(12)21(19,20)11-5-3-10(14)4-6-11/h3-6,12,15H,7-9H2,1-2H3. The monoisotopic (exact) mass is 331 g/mol. The number of hydrogen-bond acceptors (Lipinski definition) is 4. The molecule has 1 N–H and O–H groups in total. The number of hydrogen-bond donors (Lipinski definition) is 1. The third-order valence-corrected chi connectivity index (χ3v) is 5.51. The van der Waals surface area contributed by atoms with Crippen LogP contribution in [0.2, 0.25) is 5.02 Å². The van der Waals surface area contributed by atoms with Crippen molar-refractivity contribution in [3.63, 3.8) is 0 Å². The summed E-state index contributed by atoms with van der Waals surface area (Å²) < 4.78 is 26.7. The SMILES string of the molecule is CN(C)C(=O)C1CNCCN1S(=O)(=O)c1ccc(Cl)cc1. The molecule has 1 aliphatic heterocycles. The van der Waals surface area contributed by atoms with Gasteiger partial charge in [0, 0.05) is 38.8 Å². The van der Waals surface area contributed by atoms with Crippen LogP contribution in [0.4, 0.5) is 0 Å². The van der Waals surface area contributed by atoms with Crippen molar-refractivity contribution < 1.29 is 13.2 Å². The summed E-state index contributed by atoms with van der Waals surface area (Å²) in [4.78, 5) is 13.7. The summed E-state index contributed by atoms with van der Waals surface area (Å²) in [6.07, 6.45) is 0. The van der Waals surface area contributed by atoms with Crippen LogP contribution >= 0.6 is 11.6 Å². The minimum Gasteiger partial charge on any atom is -0.347 e. The molecule has 1 aliphatic rings. The molecule has 1 heterocycles. The van der Waals surface area contributed by atoms with Crippen molar-refractivity contribution in [2.45, 2.75) is 10.9 Å². The topological polar surface area (TPSA) is 69.7 Å². The molecule has 21 heavy (non-hydrogen) atoms. The molecule has 0 bridgehead atoms. The number of piperazine rings is 1. The fourth-order valence-electron chi connectivity index (χ4n) is 2.22. The van der Waals surface area contributed by atoms with E-state index in [9.17, 15) is 13.2 Å². The number of nitrogens with one attached hydrogen (secondary N) is 1. The number of carbonyl (C=O) groups is 1. The van der Waals surface area contributed by atoms with Gasteiger partial charge in [-0.15, -0.1) is 0 Å². The smallest absolute Gasteiger partial charge is 0.243 e. The van der Waals surface area contributed by atoms with Gasteiger partial charge in [0.15, 0.2) is 0 Å². The van der Waals surface area contributed by atoms with E-state index in [-0.39, 0.29) is 17.3 Å². The van der Waals surface area contributed by atoms with E-state index in [4.69, 9.17) is 11.6 Å². The third kappa shape index (κ3) is 3.37. The molecule has 1 amide bonds. The van der Waals surface area contributed by atoms with Crippen LogP contribution in [0.1, 0.15) is 0 Å². The van der Waals surface area contributed by atoms with Gasteiger partial charge in [-0.3, -0.25) is 4.79 Å². The highest BCUT2D eigenvalue weighted by Gasteiger charge is 2.38. The van der Waals surface area contributed by atoms with Gasteiger partial charge in [-0.05, 0) is 24.3 Å². The van der Waals surface area contributed by atoms with Crippen LogP contribution in [0.25, 0.3) is 0 Å². The van der Waals surface area contributed by atoms with Crippen molar-refractivity contribution >= 4 is 27.5 Å². The lowest BCUT2D eigenvalue weighted by Crippen LogP contribution is -2.59. The van der Waals surface area contributed by atoms with E-state index in [2.05, 4.69) is 5.32 Å². The Hall–Kier alpha value is -1.15. The predicted octanol–water partition coefficient (Wildman–Crippen LogP) is 0.391. The Bertz CT molecular complexity index is 616. The molecule has 0 aromatic heterocycles. The number of carbonyl (C=O) groups excluding carboxylic acids is 1. The number of likely N-dealkylation sites (N-methyl/N-ethyl adjacent to an activating group) is 1.